The number of thiazole rings is 1. The van der Waals surface area contributed by atoms with E-state index in [1.54, 1.807) is 35.2 Å². The Hall–Kier alpha value is -1.37. The quantitative estimate of drug-likeness (QED) is 0.799. The van der Waals surface area contributed by atoms with E-state index in [2.05, 4.69) is 14.7 Å². The summed E-state index contributed by atoms with van der Waals surface area (Å²) >= 11 is 3.17. The van der Waals surface area contributed by atoms with Crippen LogP contribution in [0.2, 0.25) is 0 Å². The largest absolute Gasteiger partial charge is 0.314 e. The monoisotopic (exact) mass is 293 g/mol. The van der Waals surface area contributed by atoms with E-state index in [0.717, 1.165) is 27.1 Å². The number of benzene rings is 1. The molecule has 0 fully saturated rings. The molecule has 98 valence electrons. The van der Waals surface area contributed by atoms with Crippen LogP contribution >= 0.6 is 23.1 Å². The summed E-state index contributed by atoms with van der Waals surface area (Å²) in [4.78, 5) is 6.59. The predicted molar refractivity (Wildman–Crippen MR) is 76.4 cm³/mol. The van der Waals surface area contributed by atoms with Gasteiger partial charge in [-0.05, 0) is 31.3 Å². The van der Waals surface area contributed by atoms with Gasteiger partial charge >= 0.3 is 0 Å². The molecule has 0 radical (unpaired) electrons. The summed E-state index contributed by atoms with van der Waals surface area (Å²) in [5, 5.41) is 6.15. The van der Waals surface area contributed by atoms with Crippen molar-refractivity contribution in [2.75, 3.05) is 7.05 Å². The van der Waals surface area contributed by atoms with Gasteiger partial charge in [-0.15, -0.1) is 11.3 Å². The lowest BCUT2D eigenvalue weighted by atomic mass is 10.4. The summed E-state index contributed by atoms with van der Waals surface area (Å²) in [5.74, 6) is -0.217. The van der Waals surface area contributed by atoms with Gasteiger partial charge in [-0.1, -0.05) is 11.8 Å². The highest BCUT2D eigenvalue weighted by molar-refractivity contribution is 7.99. The van der Waals surface area contributed by atoms with Crippen LogP contribution in [0, 0.1) is 5.82 Å². The molecular weight excluding hydrogens is 281 g/mol. The third-order valence-electron chi connectivity index (χ3n) is 2.70. The van der Waals surface area contributed by atoms with E-state index >= 15 is 0 Å². The number of fused-ring (bicyclic) bond motifs is 1. The second kappa shape index (κ2) is 5.32. The molecule has 2 aromatic heterocycles. The average molecular weight is 293 g/mol. The molecular formula is C13H12FN3S2. The first-order chi connectivity index (χ1) is 9.28. The molecule has 19 heavy (non-hydrogen) atoms. The molecule has 0 amide bonds. The van der Waals surface area contributed by atoms with Crippen LogP contribution in [0.15, 0.2) is 45.8 Å². The van der Waals surface area contributed by atoms with Crippen LogP contribution in [0.25, 0.3) is 4.96 Å². The molecule has 3 aromatic rings. The average Bonchev–Trinajstić information content (AvgIpc) is 2.96. The fourth-order valence-electron chi connectivity index (χ4n) is 1.84. The van der Waals surface area contributed by atoms with Gasteiger partial charge in [-0.2, -0.15) is 0 Å². The standard InChI is InChI=1S/C13H12FN3S2/c1-15-8-11-12(16-13-17(11)6-7-18-13)19-10-4-2-9(14)3-5-10/h2-7,15H,8H2,1H3. The van der Waals surface area contributed by atoms with Gasteiger partial charge in [0, 0.05) is 23.0 Å². The highest BCUT2D eigenvalue weighted by Gasteiger charge is 2.13. The lowest BCUT2D eigenvalue weighted by Gasteiger charge is -2.03. The number of hydrogen-bond acceptors (Lipinski definition) is 4. The smallest absolute Gasteiger partial charge is 0.194 e. The third kappa shape index (κ3) is 2.51. The summed E-state index contributed by atoms with van der Waals surface area (Å²) in [6.45, 7) is 0.751. The summed E-state index contributed by atoms with van der Waals surface area (Å²) in [7, 11) is 1.91. The normalized spacial score (nSPS) is 11.3. The molecule has 0 unspecified atom stereocenters. The Balaban J connectivity index is 1.97. The van der Waals surface area contributed by atoms with E-state index in [1.165, 1.54) is 12.1 Å². The molecule has 0 saturated heterocycles. The van der Waals surface area contributed by atoms with Crippen molar-refractivity contribution < 1.29 is 4.39 Å². The van der Waals surface area contributed by atoms with Gasteiger partial charge in [0.05, 0.1) is 5.69 Å². The van der Waals surface area contributed by atoms with Crippen LogP contribution in [-0.2, 0) is 6.54 Å². The summed E-state index contributed by atoms with van der Waals surface area (Å²) in [6, 6.07) is 6.49. The molecule has 6 heteroatoms. The molecule has 0 aliphatic rings. The maximum Gasteiger partial charge on any atom is 0.194 e. The Morgan fingerprint density at radius 1 is 1.37 bits per heavy atom. The van der Waals surface area contributed by atoms with Crippen LogP contribution in [0.1, 0.15) is 5.69 Å². The Bertz CT molecular complexity index is 688. The molecule has 0 aliphatic carbocycles. The summed E-state index contributed by atoms with van der Waals surface area (Å²) < 4.78 is 15.0. The first kappa shape index (κ1) is 12.7. The molecule has 0 spiro atoms. The van der Waals surface area contributed by atoms with Crippen molar-refractivity contribution >= 4 is 28.1 Å². The lowest BCUT2D eigenvalue weighted by molar-refractivity contribution is 0.626. The summed E-state index contributed by atoms with van der Waals surface area (Å²) in [5.41, 5.74) is 1.13. The number of hydrogen-bond donors (Lipinski definition) is 1. The van der Waals surface area contributed by atoms with Gasteiger partial charge in [0.25, 0.3) is 0 Å². The molecule has 3 rings (SSSR count). The minimum absolute atomic E-state index is 0.217. The zero-order valence-electron chi connectivity index (χ0n) is 10.3. The molecule has 0 aliphatic heterocycles. The van der Waals surface area contributed by atoms with Gasteiger partial charge in [-0.3, -0.25) is 4.40 Å². The van der Waals surface area contributed by atoms with Crippen molar-refractivity contribution in [1.29, 1.82) is 0 Å². The van der Waals surface area contributed by atoms with E-state index in [-0.39, 0.29) is 5.82 Å². The fourth-order valence-corrected chi connectivity index (χ4v) is 3.54. The number of rotatable bonds is 4. The third-order valence-corrected chi connectivity index (χ3v) is 4.48. The number of nitrogens with zero attached hydrogens (tertiary/aromatic N) is 2. The second-order valence-corrected chi connectivity index (χ2v) is 5.94. The van der Waals surface area contributed by atoms with Crippen LogP contribution in [0.3, 0.4) is 0 Å². The van der Waals surface area contributed by atoms with E-state index < -0.39 is 0 Å². The molecule has 3 nitrogen and oxygen atoms in total. The predicted octanol–water partition coefficient (Wildman–Crippen LogP) is 3.41. The van der Waals surface area contributed by atoms with Crippen molar-refractivity contribution in [1.82, 2.24) is 14.7 Å². The topological polar surface area (TPSA) is 29.3 Å². The van der Waals surface area contributed by atoms with Crippen LogP contribution in [-0.4, -0.2) is 16.4 Å². The molecule has 0 saturated carbocycles. The Labute approximate surface area is 118 Å². The van der Waals surface area contributed by atoms with Crippen LogP contribution in [0.4, 0.5) is 4.39 Å². The second-order valence-electron chi connectivity index (χ2n) is 4.01. The van der Waals surface area contributed by atoms with E-state index in [0.29, 0.717) is 0 Å². The molecule has 1 N–H and O–H groups in total. The van der Waals surface area contributed by atoms with E-state index in [1.807, 2.05) is 18.6 Å². The number of aromatic nitrogens is 2. The Morgan fingerprint density at radius 2 is 2.16 bits per heavy atom. The highest BCUT2D eigenvalue weighted by atomic mass is 32.2. The van der Waals surface area contributed by atoms with Crippen molar-refractivity contribution in [3.63, 3.8) is 0 Å². The van der Waals surface area contributed by atoms with E-state index in [9.17, 15) is 4.39 Å². The first-order valence-corrected chi connectivity index (χ1v) is 7.50. The minimum Gasteiger partial charge on any atom is -0.314 e. The molecule has 0 atom stereocenters. The zero-order chi connectivity index (χ0) is 13.2. The SMILES string of the molecule is CNCc1c(Sc2ccc(F)cc2)nc2sccn12. The van der Waals surface area contributed by atoms with Gasteiger partial charge in [0.2, 0.25) is 0 Å². The maximum absolute atomic E-state index is 12.9. The van der Waals surface area contributed by atoms with Gasteiger partial charge in [0.15, 0.2) is 4.96 Å². The van der Waals surface area contributed by atoms with Crippen molar-refractivity contribution in [2.24, 2.45) is 0 Å². The van der Waals surface area contributed by atoms with Crippen LogP contribution < -0.4 is 5.32 Å². The molecule has 2 heterocycles. The zero-order valence-corrected chi connectivity index (χ0v) is 11.9. The number of halogens is 1. The summed E-state index contributed by atoms with van der Waals surface area (Å²) in [6.07, 6.45) is 2.02. The van der Waals surface area contributed by atoms with E-state index in [4.69, 9.17) is 0 Å². The lowest BCUT2D eigenvalue weighted by Crippen LogP contribution is -2.07. The van der Waals surface area contributed by atoms with Gasteiger partial charge in [0.1, 0.15) is 10.8 Å². The Morgan fingerprint density at radius 3 is 2.89 bits per heavy atom. The Kier molecular flexibility index (Phi) is 3.54. The van der Waals surface area contributed by atoms with Crippen LogP contribution in [0.5, 0.6) is 0 Å². The molecule has 1 aromatic carbocycles. The van der Waals surface area contributed by atoms with Gasteiger partial charge < -0.3 is 5.32 Å². The number of imidazole rings is 1. The van der Waals surface area contributed by atoms with Crippen molar-refractivity contribution in [3.8, 4) is 0 Å². The first-order valence-electron chi connectivity index (χ1n) is 5.80. The minimum atomic E-state index is -0.217. The molecule has 0 bridgehead atoms. The fraction of sp³-hybridized carbons (Fsp3) is 0.154. The maximum atomic E-state index is 12.9. The van der Waals surface area contributed by atoms with Crippen molar-refractivity contribution in [2.45, 2.75) is 16.5 Å². The van der Waals surface area contributed by atoms with Crippen molar-refractivity contribution in [3.05, 3.63) is 47.4 Å². The highest BCUT2D eigenvalue weighted by Crippen LogP contribution is 2.31. The number of nitrogens with one attached hydrogen (secondary N) is 1. The van der Waals surface area contributed by atoms with Gasteiger partial charge in [-0.25, -0.2) is 9.37 Å².